The summed E-state index contributed by atoms with van der Waals surface area (Å²) in [5.41, 5.74) is 1.44. The summed E-state index contributed by atoms with van der Waals surface area (Å²) in [6.45, 7) is 1.59. The fourth-order valence-electron chi connectivity index (χ4n) is 2.04. The number of likely N-dealkylation sites (N-methyl/N-ethyl adjacent to an activating group) is 1. The predicted octanol–water partition coefficient (Wildman–Crippen LogP) is 1.12. The Hall–Kier alpha value is -1.92. The lowest BCUT2D eigenvalue weighted by atomic mass is 10.2. The van der Waals surface area contributed by atoms with Crippen LogP contribution in [0, 0.1) is 5.92 Å². The number of anilines is 2. The molecule has 3 N–H and O–H groups in total. The molecule has 22 heavy (non-hydrogen) atoms. The molecular weight excluding hydrogens is 280 g/mol. The van der Waals surface area contributed by atoms with Gasteiger partial charge in [0.25, 0.3) is 0 Å². The molecule has 2 rings (SSSR count). The summed E-state index contributed by atoms with van der Waals surface area (Å²) in [5.74, 6) is 0.647. The van der Waals surface area contributed by atoms with Gasteiger partial charge in [-0.25, -0.2) is 0 Å². The van der Waals surface area contributed by atoms with Gasteiger partial charge in [0.15, 0.2) is 0 Å². The highest BCUT2D eigenvalue weighted by Crippen LogP contribution is 2.27. The molecule has 0 atom stereocenters. The second-order valence-electron chi connectivity index (χ2n) is 5.99. The van der Waals surface area contributed by atoms with E-state index in [2.05, 4.69) is 16.0 Å². The van der Waals surface area contributed by atoms with Crippen LogP contribution in [0.2, 0.25) is 0 Å². The predicted molar refractivity (Wildman–Crippen MR) is 87.8 cm³/mol. The third-order valence-electron chi connectivity index (χ3n) is 3.33. The molecule has 1 aromatic rings. The van der Waals surface area contributed by atoms with Crippen molar-refractivity contribution in [1.29, 1.82) is 0 Å². The van der Waals surface area contributed by atoms with Gasteiger partial charge in [0.1, 0.15) is 0 Å². The van der Waals surface area contributed by atoms with Gasteiger partial charge in [-0.3, -0.25) is 9.59 Å². The van der Waals surface area contributed by atoms with Gasteiger partial charge in [-0.2, -0.15) is 0 Å². The molecule has 1 aromatic carbocycles. The number of rotatable bonds is 8. The number of nitrogens with one attached hydrogen (secondary N) is 3. The summed E-state index contributed by atoms with van der Waals surface area (Å²) in [6.07, 6.45) is 2.55. The molecule has 0 bridgehead atoms. The number of hydrogen-bond donors (Lipinski definition) is 3. The lowest BCUT2D eigenvalue weighted by Gasteiger charge is -2.11. The smallest absolute Gasteiger partial charge is 0.238 e. The van der Waals surface area contributed by atoms with Gasteiger partial charge in [0, 0.05) is 11.4 Å². The van der Waals surface area contributed by atoms with E-state index in [0.717, 1.165) is 23.8 Å². The van der Waals surface area contributed by atoms with E-state index in [1.165, 1.54) is 12.8 Å². The zero-order chi connectivity index (χ0) is 15.9. The maximum Gasteiger partial charge on any atom is 0.238 e. The first kappa shape index (κ1) is 16.5. The molecule has 1 aliphatic carbocycles. The lowest BCUT2D eigenvalue weighted by molar-refractivity contribution is -0.117. The summed E-state index contributed by atoms with van der Waals surface area (Å²) < 4.78 is 0. The Kier molecular flexibility index (Phi) is 5.91. The van der Waals surface area contributed by atoms with E-state index < -0.39 is 0 Å². The fraction of sp³-hybridized carbons (Fsp3) is 0.500. The average Bonchev–Trinajstić information content (AvgIpc) is 3.24. The Morgan fingerprint density at radius 1 is 1.05 bits per heavy atom. The Bertz CT molecular complexity index is 509. The normalized spacial score (nSPS) is 14.0. The standard InChI is InChI=1S/C16H24N4O2/c1-20(2)11-16(22)19-14-7-5-13(6-8-14)18-15(21)10-17-9-12-3-4-12/h5-8,12,17H,3-4,9-11H2,1-2H3,(H,18,21)(H,19,22). The summed E-state index contributed by atoms with van der Waals surface area (Å²) in [6, 6.07) is 7.12. The Balaban J connectivity index is 1.73. The summed E-state index contributed by atoms with van der Waals surface area (Å²) in [7, 11) is 3.69. The summed E-state index contributed by atoms with van der Waals surface area (Å²) in [4.78, 5) is 25.2. The molecule has 120 valence electrons. The molecule has 0 unspecified atom stereocenters. The van der Waals surface area contributed by atoms with Crippen LogP contribution in [-0.4, -0.2) is 50.4 Å². The van der Waals surface area contributed by atoms with Gasteiger partial charge < -0.3 is 20.9 Å². The molecule has 0 spiro atoms. The SMILES string of the molecule is CN(C)CC(=O)Nc1ccc(NC(=O)CNCC2CC2)cc1. The highest BCUT2D eigenvalue weighted by molar-refractivity contribution is 5.94. The highest BCUT2D eigenvalue weighted by atomic mass is 16.2. The van der Waals surface area contributed by atoms with Crippen molar-refractivity contribution in [3.05, 3.63) is 24.3 Å². The highest BCUT2D eigenvalue weighted by Gasteiger charge is 2.20. The molecule has 1 fully saturated rings. The minimum Gasteiger partial charge on any atom is -0.325 e. The number of amides is 2. The molecule has 6 heteroatoms. The quantitative estimate of drug-likeness (QED) is 0.673. The first-order valence-electron chi connectivity index (χ1n) is 7.58. The van der Waals surface area contributed by atoms with Crippen LogP contribution >= 0.6 is 0 Å². The van der Waals surface area contributed by atoms with Crippen LogP contribution in [0.4, 0.5) is 11.4 Å². The maximum atomic E-state index is 11.7. The Morgan fingerprint density at radius 3 is 2.09 bits per heavy atom. The van der Waals surface area contributed by atoms with Gasteiger partial charge in [-0.15, -0.1) is 0 Å². The van der Waals surface area contributed by atoms with Crippen molar-refractivity contribution in [2.45, 2.75) is 12.8 Å². The van der Waals surface area contributed by atoms with Crippen LogP contribution in [0.3, 0.4) is 0 Å². The minimum absolute atomic E-state index is 0.0509. The van der Waals surface area contributed by atoms with E-state index in [4.69, 9.17) is 0 Å². The van der Waals surface area contributed by atoms with Crippen molar-refractivity contribution in [2.75, 3.05) is 44.4 Å². The molecule has 1 aliphatic rings. The van der Waals surface area contributed by atoms with Crippen LogP contribution in [0.5, 0.6) is 0 Å². The van der Waals surface area contributed by atoms with E-state index in [9.17, 15) is 9.59 Å². The molecule has 0 aromatic heterocycles. The van der Waals surface area contributed by atoms with Gasteiger partial charge in [-0.1, -0.05) is 0 Å². The molecule has 1 saturated carbocycles. The van der Waals surface area contributed by atoms with E-state index in [1.54, 1.807) is 29.2 Å². The van der Waals surface area contributed by atoms with Crippen molar-refractivity contribution in [3.8, 4) is 0 Å². The molecule has 2 amide bonds. The Labute approximate surface area is 131 Å². The fourth-order valence-corrected chi connectivity index (χ4v) is 2.04. The average molecular weight is 304 g/mol. The van der Waals surface area contributed by atoms with E-state index in [1.807, 2.05) is 14.1 Å². The molecule has 0 heterocycles. The van der Waals surface area contributed by atoms with E-state index in [0.29, 0.717) is 13.1 Å². The number of carbonyl (C=O) groups excluding carboxylic acids is 2. The van der Waals surface area contributed by atoms with E-state index in [-0.39, 0.29) is 11.8 Å². The molecule has 0 radical (unpaired) electrons. The largest absolute Gasteiger partial charge is 0.325 e. The number of hydrogen-bond acceptors (Lipinski definition) is 4. The zero-order valence-electron chi connectivity index (χ0n) is 13.2. The molecule has 0 aliphatic heterocycles. The van der Waals surface area contributed by atoms with Crippen LogP contribution in [0.25, 0.3) is 0 Å². The van der Waals surface area contributed by atoms with Crippen molar-refractivity contribution < 1.29 is 9.59 Å². The summed E-state index contributed by atoms with van der Waals surface area (Å²) >= 11 is 0. The first-order chi connectivity index (χ1) is 10.5. The van der Waals surface area contributed by atoms with Crippen LogP contribution < -0.4 is 16.0 Å². The molecule has 0 saturated heterocycles. The zero-order valence-corrected chi connectivity index (χ0v) is 13.2. The molecule has 6 nitrogen and oxygen atoms in total. The van der Waals surface area contributed by atoms with Crippen molar-refractivity contribution in [3.63, 3.8) is 0 Å². The number of nitrogens with zero attached hydrogens (tertiary/aromatic N) is 1. The second kappa shape index (κ2) is 7.91. The number of carbonyl (C=O) groups is 2. The third kappa shape index (κ3) is 6.24. The second-order valence-corrected chi connectivity index (χ2v) is 5.99. The van der Waals surface area contributed by atoms with Gasteiger partial charge in [-0.05, 0) is 63.7 Å². The first-order valence-corrected chi connectivity index (χ1v) is 7.58. The van der Waals surface area contributed by atoms with Gasteiger partial charge in [0.05, 0.1) is 13.1 Å². The van der Waals surface area contributed by atoms with Gasteiger partial charge in [0.2, 0.25) is 11.8 Å². The van der Waals surface area contributed by atoms with Gasteiger partial charge >= 0.3 is 0 Å². The van der Waals surface area contributed by atoms with Crippen LogP contribution in [-0.2, 0) is 9.59 Å². The number of benzene rings is 1. The Morgan fingerprint density at radius 2 is 1.59 bits per heavy atom. The third-order valence-corrected chi connectivity index (χ3v) is 3.33. The van der Waals surface area contributed by atoms with Crippen LogP contribution in [0.1, 0.15) is 12.8 Å². The molecular formula is C16H24N4O2. The van der Waals surface area contributed by atoms with Crippen molar-refractivity contribution >= 4 is 23.2 Å². The summed E-state index contributed by atoms with van der Waals surface area (Å²) in [5, 5.41) is 8.78. The monoisotopic (exact) mass is 304 g/mol. The minimum atomic E-state index is -0.0638. The van der Waals surface area contributed by atoms with Crippen molar-refractivity contribution in [2.24, 2.45) is 5.92 Å². The van der Waals surface area contributed by atoms with Crippen molar-refractivity contribution in [1.82, 2.24) is 10.2 Å². The lowest BCUT2D eigenvalue weighted by Crippen LogP contribution is -2.29. The van der Waals surface area contributed by atoms with Crippen LogP contribution in [0.15, 0.2) is 24.3 Å². The van der Waals surface area contributed by atoms with E-state index >= 15 is 0 Å². The maximum absolute atomic E-state index is 11.7. The topological polar surface area (TPSA) is 73.5 Å².